The minimum Gasteiger partial charge on any atom is -0.295 e. The number of carbonyl (C=O) groups excluding carboxylic acids is 4. The molecule has 2 aliphatic rings. The number of azide groups is 1. The van der Waals surface area contributed by atoms with E-state index in [0.29, 0.717) is 10.8 Å². The Morgan fingerprint density at radius 1 is 1.12 bits per heavy atom. The van der Waals surface area contributed by atoms with E-state index >= 15 is 0 Å². The van der Waals surface area contributed by atoms with Crippen LogP contribution in [0.2, 0.25) is 0 Å². The van der Waals surface area contributed by atoms with Crippen molar-refractivity contribution in [3.8, 4) is 0 Å². The molecule has 0 saturated carbocycles. The number of hydrogen-bond donors (Lipinski definition) is 1. The zero-order valence-corrected chi connectivity index (χ0v) is 13.3. The van der Waals surface area contributed by atoms with Gasteiger partial charge in [-0.1, -0.05) is 29.4 Å². The molecular weight excluding hydrogens is 338 g/mol. The molecule has 1 unspecified atom stereocenters. The van der Waals surface area contributed by atoms with Crippen LogP contribution >= 0.6 is 0 Å². The molecule has 0 bridgehead atoms. The predicted molar refractivity (Wildman–Crippen MR) is 89.4 cm³/mol. The second kappa shape index (κ2) is 5.68. The van der Waals surface area contributed by atoms with Crippen molar-refractivity contribution in [2.45, 2.75) is 18.9 Å². The number of carbonyl (C=O) groups is 4. The van der Waals surface area contributed by atoms with Crippen LogP contribution in [0.3, 0.4) is 0 Å². The van der Waals surface area contributed by atoms with Gasteiger partial charge in [0, 0.05) is 22.3 Å². The van der Waals surface area contributed by atoms with Crippen molar-refractivity contribution < 1.29 is 19.2 Å². The Morgan fingerprint density at radius 2 is 1.92 bits per heavy atom. The summed E-state index contributed by atoms with van der Waals surface area (Å²) in [5.41, 5.74) is 9.20. The van der Waals surface area contributed by atoms with Gasteiger partial charge < -0.3 is 0 Å². The van der Waals surface area contributed by atoms with Crippen LogP contribution in [0.25, 0.3) is 21.2 Å². The highest BCUT2D eigenvalue weighted by Crippen LogP contribution is 2.37. The maximum Gasteiger partial charge on any atom is 0.262 e. The van der Waals surface area contributed by atoms with E-state index in [-0.39, 0.29) is 29.7 Å². The second-order valence-corrected chi connectivity index (χ2v) is 6.00. The number of nitrogens with zero attached hydrogens (tertiary/aromatic N) is 4. The molecule has 1 saturated heterocycles. The summed E-state index contributed by atoms with van der Waals surface area (Å²) in [6, 6.07) is 7.04. The topological polar surface area (TPSA) is 132 Å². The highest BCUT2D eigenvalue weighted by atomic mass is 16.2. The van der Waals surface area contributed by atoms with Crippen LogP contribution in [0, 0.1) is 0 Å². The average molecular weight is 349 g/mol. The van der Waals surface area contributed by atoms with Gasteiger partial charge in [-0.25, -0.2) is 0 Å². The molecule has 1 N–H and O–H groups in total. The molecule has 0 spiro atoms. The highest BCUT2D eigenvalue weighted by Gasteiger charge is 2.43. The van der Waals surface area contributed by atoms with E-state index in [2.05, 4.69) is 15.3 Å². The molecule has 26 heavy (non-hydrogen) atoms. The summed E-state index contributed by atoms with van der Waals surface area (Å²) in [7, 11) is 0. The number of benzene rings is 2. The van der Waals surface area contributed by atoms with Crippen LogP contribution in [-0.2, 0) is 9.59 Å². The standard InChI is InChI=1S/C17H11N5O4/c18-21-20-10-5-4-8-2-1-3-9-13(8)14(10)17(26)22(16(9)25)11-6-7-12(23)19-15(11)24/h1-5,11H,6-7H2,(H,19,23,24). The van der Waals surface area contributed by atoms with Crippen LogP contribution in [0.1, 0.15) is 33.6 Å². The first kappa shape index (κ1) is 15.8. The van der Waals surface area contributed by atoms with Crippen molar-refractivity contribution >= 4 is 40.1 Å². The van der Waals surface area contributed by atoms with Crippen molar-refractivity contribution in [3.05, 3.63) is 51.9 Å². The van der Waals surface area contributed by atoms with Gasteiger partial charge >= 0.3 is 0 Å². The van der Waals surface area contributed by atoms with Crippen molar-refractivity contribution in [1.82, 2.24) is 10.2 Å². The first-order valence-electron chi connectivity index (χ1n) is 7.85. The lowest BCUT2D eigenvalue weighted by molar-refractivity contribution is -0.136. The maximum absolute atomic E-state index is 13.1. The van der Waals surface area contributed by atoms with Crippen molar-refractivity contribution in [2.24, 2.45) is 5.11 Å². The summed E-state index contributed by atoms with van der Waals surface area (Å²) < 4.78 is 0. The van der Waals surface area contributed by atoms with Gasteiger partial charge in [0.1, 0.15) is 6.04 Å². The van der Waals surface area contributed by atoms with Crippen LogP contribution < -0.4 is 5.32 Å². The van der Waals surface area contributed by atoms with Crippen molar-refractivity contribution in [1.29, 1.82) is 0 Å². The summed E-state index contributed by atoms with van der Waals surface area (Å²) in [5, 5.41) is 6.76. The summed E-state index contributed by atoms with van der Waals surface area (Å²) in [4.78, 5) is 53.2. The molecule has 128 valence electrons. The minimum atomic E-state index is -1.09. The van der Waals surface area contributed by atoms with Crippen LogP contribution in [0.4, 0.5) is 5.69 Å². The van der Waals surface area contributed by atoms with Crippen LogP contribution in [0.15, 0.2) is 35.4 Å². The predicted octanol–water partition coefficient (Wildman–Crippen LogP) is 2.18. The van der Waals surface area contributed by atoms with E-state index in [4.69, 9.17) is 5.53 Å². The molecule has 9 nitrogen and oxygen atoms in total. The Labute approximate surface area is 146 Å². The fourth-order valence-electron chi connectivity index (χ4n) is 3.45. The molecule has 2 aromatic carbocycles. The first-order valence-corrected chi connectivity index (χ1v) is 7.85. The number of hydrogen-bond acceptors (Lipinski definition) is 5. The minimum absolute atomic E-state index is 0.0303. The SMILES string of the molecule is [N-]=[N+]=Nc1ccc2cccc3c2c1C(=O)N(C1CCC(=O)NC1=O)C3=O. The van der Waals surface area contributed by atoms with Gasteiger partial charge in [-0.3, -0.25) is 29.4 Å². The number of amides is 4. The molecule has 1 fully saturated rings. The van der Waals surface area contributed by atoms with Gasteiger partial charge in [-0.15, -0.1) is 0 Å². The Hall–Kier alpha value is -3.71. The van der Waals surface area contributed by atoms with E-state index in [1.54, 1.807) is 24.3 Å². The largest absolute Gasteiger partial charge is 0.295 e. The molecule has 4 amide bonds. The molecule has 4 rings (SSSR count). The number of rotatable bonds is 2. The van der Waals surface area contributed by atoms with Gasteiger partial charge in [-0.2, -0.15) is 0 Å². The molecule has 9 heteroatoms. The number of nitrogens with one attached hydrogen (secondary N) is 1. The Kier molecular flexibility index (Phi) is 3.45. The molecule has 2 aromatic rings. The van der Waals surface area contributed by atoms with Gasteiger partial charge in [-0.05, 0) is 23.4 Å². The lowest BCUT2D eigenvalue weighted by Crippen LogP contribution is -2.57. The molecular formula is C17H11N5O4. The summed E-state index contributed by atoms with van der Waals surface area (Å²) in [6.07, 6.45) is 0.0830. The molecule has 0 aliphatic carbocycles. The van der Waals surface area contributed by atoms with E-state index in [1.807, 2.05) is 0 Å². The number of piperidine rings is 1. The Bertz CT molecular complexity index is 1070. The van der Waals surface area contributed by atoms with Crippen LogP contribution in [0.5, 0.6) is 0 Å². The van der Waals surface area contributed by atoms with E-state index in [1.165, 1.54) is 6.07 Å². The zero-order valence-electron chi connectivity index (χ0n) is 13.3. The van der Waals surface area contributed by atoms with Gasteiger partial charge in [0.25, 0.3) is 11.8 Å². The average Bonchev–Trinajstić information content (AvgIpc) is 2.62. The van der Waals surface area contributed by atoms with E-state index < -0.39 is 29.7 Å². The first-order chi connectivity index (χ1) is 12.5. The van der Waals surface area contributed by atoms with Gasteiger partial charge in [0.05, 0.1) is 11.3 Å². The van der Waals surface area contributed by atoms with Crippen molar-refractivity contribution in [3.63, 3.8) is 0 Å². The third kappa shape index (κ3) is 2.15. The quantitative estimate of drug-likeness (QED) is 0.385. The monoisotopic (exact) mass is 349 g/mol. The van der Waals surface area contributed by atoms with Crippen LogP contribution in [-0.4, -0.2) is 34.6 Å². The maximum atomic E-state index is 13.1. The molecule has 0 radical (unpaired) electrons. The van der Waals surface area contributed by atoms with E-state index in [0.717, 1.165) is 4.90 Å². The molecule has 2 heterocycles. The zero-order chi connectivity index (χ0) is 18.4. The normalized spacial score (nSPS) is 19.4. The Morgan fingerprint density at radius 3 is 2.65 bits per heavy atom. The second-order valence-electron chi connectivity index (χ2n) is 6.00. The molecule has 1 atom stereocenters. The van der Waals surface area contributed by atoms with E-state index in [9.17, 15) is 19.2 Å². The molecule has 0 aromatic heterocycles. The third-order valence-electron chi connectivity index (χ3n) is 4.58. The third-order valence-corrected chi connectivity index (χ3v) is 4.58. The summed E-state index contributed by atoms with van der Waals surface area (Å²) in [6.45, 7) is 0. The Balaban J connectivity index is 1.94. The lowest BCUT2D eigenvalue weighted by Gasteiger charge is -2.34. The number of imide groups is 2. The summed E-state index contributed by atoms with van der Waals surface area (Å²) in [5.74, 6) is -2.46. The summed E-state index contributed by atoms with van der Waals surface area (Å²) >= 11 is 0. The van der Waals surface area contributed by atoms with Gasteiger partial charge in [0.2, 0.25) is 11.8 Å². The van der Waals surface area contributed by atoms with Crippen molar-refractivity contribution in [2.75, 3.05) is 0 Å². The highest BCUT2D eigenvalue weighted by molar-refractivity contribution is 6.28. The molecule has 2 aliphatic heterocycles. The smallest absolute Gasteiger partial charge is 0.262 e. The van der Waals surface area contributed by atoms with Gasteiger partial charge in [0.15, 0.2) is 0 Å². The fourth-order valence-corrected chi connectivity index (χ4v) is 3.45. The fraction of sp³-hybridized carbons (Fsp3) is 0.176. The lowest BCUT2D eigenvalue weighted by atomic mass is 9.90.